The number of amides is 1. The van der Waals surface area contributed by atoms with Crippen molar-refractivity contribution in [3.05, 3.63) is 36.4 Å². The Balaban J connectivity index is 1.55. The molecule has 2 aromatic rings. The van der Waals surface area contributed by atoms with Gasteiger partial charge in [0.15, 0.2) is 0 Å². The van der Waals surface area contributed by atoms with Crippen LogP contribution in [0.2, 0.25) is 0 Å². The number of nitrogens with zero attached hydrogens (tertiary/aromatic N) is 6. The van der Waals surface area contributed by atoms with Gasteiger partial charge in [0.05, 0.1) is 0 Å². The first kappa shape index (κ1) is 19.6. The summed E-state index contributed by atoms with van der Waals surface area (Å²) in [6, 6.07) is 0. The molecule has 0 radical (unpaired) electrons. The molecule has 7 heteroatoms. The maximum Gasteiger partial charge on any atom is 0.224 e. The minimum Gasteiger partial charge on any atom is -0.342 e. The highest BCUT2D eigenvalue weighted by atomic mass is 16.2. The third-order valence-electron chi connectivity index (χ3n) is 5.38. The third kappa shape index (κ3) is 5.19. The molecule has 0 unspecified atom stereocenters. The average Bonchev–Trinajstić information content (AvgIpc) is 3.28. The molecule has 0 aliphatic carbocycles. The van der Waals surface area contributed by atoms with Gasteiger partial charge in [0.25, 0.3) is 0 Å². The van der Waals surface area contributed by atoms with Crippen LogP contribution in [0, 0.1) is 6.92 Å². The normalized spacial score (nSPS) is 17.6. The Morgan fingerprint density at radius 2 is 1.96 bits per heavy atom. The number of piperidine rings is 1. The lowest BCUT2D eigenvalue weighted by molar-refractivity contribution is -0.132. The fraction of sp³-hybridized carbons (Fsp3) is 0.650. The zero-order valence-corrected chi connectivity index (χ0v) is 16.8. The van der Waals surface area contributed by atoms with E-state index < -0.39 is 0 Å². The Kier molecular flexibility index (Phi) is 6.66. The summed E-state index contributed by atoms with van der Waals surface area (Å²) in [6.07, 6.45) is 11.5. The van der Waals surface area contributed by atoms with Crippen LogP contribution in [-0.2, 0) is 17.9 Å². The number of carbonyl (C=O) groups is 1. The lowest BCUT2D eigenvalue weighted by Gasteiger charge is -2.33. The smallest absolute Gasteiger partial charge is 0.224 e. The number of hydrogen-bond acceptors (Lipinski definition) is 4. The van der Waals surface area contributed by atoms with E-state index in [0.717, 1.165) is 57.1 Å². The standard InChI is InChI=1S/C20H32N6O/c1-17-21-8-14-24(17)13-7-19(27)26-11-4-6-18(16-26)20-22-9-15-25(20)12-5-10-23(2)3/h8-9,14-15,18H,4-7,10-13,16H2,1-3H3/t18-/m1/s1. The molecule has 0 N–H and O–H groups in total. The summed E-state index contributed by atoms with van der Waals surface area (Å²) >= 11 is 0. The highest BCUT2D eigenvalue weighted by Crippen LogP contribution is 2.26. The molecule has 1 fully saturated rings. The van der Waals surface area contributed by atoms with Gasteiger partial charge < -0.3 is 18.9 Å². The monoisotopic (exact) mass is 372 g/mol. The number of carbonyl (C=O) groups excluding carboxylic acids is 1. The van der Waals surface area contributed by atoms with Crippen LogP contribution < -0.4 is 0 Å². The van der Waals surface area contributed by atoms with Crippen LogP contribution in [0.25, 0.3) is 0 Å². The molecule has 3 rings (SSSR count). The van der Waals surface area contributed by atoms with Crippen molar-refractivity contribution < 1.29 is 4.79 Å². The van der Waals surface area contributed by atoms with Gasteiger partial charge in [-0.15, -0.1) is 0 Å². The second-order valence-corrected chi connectivity index (χ2v) is 7.73. The molecule has 1 aliphatic rings. The second-order valence-electron chi connectivity index (χ2n) is 7.73. The Labute approximate surface area is 162 Å². The Morgan fingerprint density at radius 3 is 2.70 bits per heavy atom. The molecule has 0 bridgehead atoms. The summed E-state index contributed by atoms with van der Waals surface area (Å²) in [4.78, 5) is 25.8. The van der Waals surface area contributed by atoms with E-state index in [9.17, 15) is 4.79 Å². The zero-order valence-electron chi connectivity index (χ0n) is 16.8. The van der Waals surface area contributed by atoms with Gasteiger partial charge in [0.1, 0.15) is 11.6 Å². The summed E-state index contributed by atoms with van der Waals surface area (Å²) in [7, 11) is 4.20. The van der Waals surface area contributed by atoms with E-state index >= 15 is 0 Å². The van der Waals surface area contributed by atoms with Crippen LogP contribution in [0.4, 0.5) is 0 Å². The topological polar surface area (TPSA) is 59.2 Å². The van der Waals surface area contributed by atoms with Gasteiger partial charge in [-0.25, -0.2) is 9.97 Å². The third-order valence-corrected chi connectivity index (χ3v) is 5.38. The largest absolute Gasteiger partial charge is 0.342 e. The van der Waals surface area contributed by atoms with E-state index in [0.29, 0.717) is 18.9 Å². The van der Waals surface area contributed by atoms with Crippen LogP contribution in [-0.4, -0.2) is 68.5 Å². The van der Waals surface area contributed by atoms with E-state index in [1.807, 2.05) is 28.8 Å². The molecule has 1 saturated heterocycles. The number of aryl methyl sites for hydroxylation is 3. The maximum atomic E-state index is 12.7. The molecule has 0 saturated carbocycles. The molecule has 2 aromatic heterocycles. The molecule has 1 amide bonds. The van der Waals surface area contributed by atoms with Gasteiger partial charge in [-0.1, -0.05) is 0 Å². The van der Waals surface area contributed by atoms with Crippen molar-refractivity contribution in [2.24, 2.45) is 0 Å². The Morgan fingerprint density at radius 1 is 1.19 bits per heavy atom. The highest BCUT2D eigenvalue weighted by Gasteiger charge is 2.27. The van der Waals surface area contributed by atoms with Gasteiger partial charge in [-0.05, 0) is 46.8 Å². The van der Waals surface area contributed by atoms with Gasteiger partial charge in [0.2, 0.25) is 5.91 Å². The van der Waals surface area contributed by atoms with E-state index in [4.69, 9.17) is 0 Å². The van der Waals surface area contributed by atoms with Crippen LogP contribution in [0.3, 0.4) is 0 Å². The molecule has 7 nitrogen and oxygen atoms in total. The van der Waals surface area contributed by atoms with Crippen LogP contribution in [0.15, 0.2) is 24.8 Å². The fourth-order valence-electron chi connectivity index (χ4n) is 3.86. The van der Waals surface area contributed by atoms with Crippen molar-refractivity contribution in [2.75, 3.05) is 33.7 Å². The molecule has 3 heterocycles. The summed E-state index contributed by atoms with van der Waals surface area (Å²) in [5.41, 5.74) is 0. The quantitative estimate of drug-likeness (QED) is 0.712. The van der Waals surface area contributed by atoms with Gasteiger partial charge in [0, 0.05) is 63.3 Å². The SMILES string of the molecule is Cc1nccn1CCC(=O)N1CCC[C@@H](c2nccn2CCCN(C)C)C1. The number of aromatic nitrogens is 4. The average molecular weight is 373 g/mol. The van der Waals surface area contributed by atoms with Gasteiger partial charge in [-0.2, -0.15) is 0 Å². The predicted octanol–water partition coefficient (Wildman–Crippen LogP) is 2.14. The minimum atomic E-state index is 0.235. The lowest BCUT2D eigenvalue weighted by Crippen LogP contribution is -2.40. The zero-order chi connectivity index (χ0) is 19.2. The molecule has 148 valence electrons. The Bertz CT molecular complexity index is 734. The molecule has 0 spiro atoms. The second kappa shape index (κ2) is 9.17. The van der Waals surface area contributed by atoms with Crippen LogP contribution in [0.1, 0.15) is 43.3 Å². The van der Waals surface area contributed by atoms with E-state index in [2.05, 4.69) is 39.7 Å². The first-order valence-corrected chi connectivity index (χ1v) is 9.96. The van der Waals surface area contributed by atoms with Crippen molar-refractivity contribution in [3.8, 4) is 0 Å². The lowest BCUT2D eigenvalue weighted by atomic mass is 9.96. The number of rotatable bonds is 8. The first-order valence-electron chi connectivity index (χ1n) is 9.96. The summed E-state index contributed by atoms with van der Waals surface area (Å²) in [6.45, 7) is 6.37. The van der Waals surface area contributed by atoms with E-state index in [1.54, 1.807) is 6.20 Å². The highest BCUT2D eigenvalue weighted by molar-refractivity contribution is 5.76. The summed E-state index contributed by atoms with van der Waals surface area (Å²) < 4.78 is 4.31. The van der Waals surface area contributed by atoms with Gasteiger partial charge >= 0.3 is 0 Å². The van der Waals surface area contributed by atoms with Crippen molar-refractivity contribution in [1.82, 2.24) is 28.9 Å². The number of hydrogen-bond donors (Lipinski definition) is 0. The molecular formula is C20H32N6O. The van der Waals surface area contributed by atoms with Gasteiger partial charge in [-0.3, -0.25) is 4.79 Å². The van der Waals surface area contributed by atoms with Crippen molar-refractivity contribution >= 4 is 5.91 Å². The van der Waals surface area contributed by atoms with E-state index in [1.165, 1.54) is 0 Å². The minimum absolute atomic E-state index is 0.235. The predicted molar refractivity (Wildman–Crippen MR) is 106 cm³/mol. The van der Waals surface area contributed by atoms with Crippen LogP contribution >= 0.6 is 0 Å². The van der Waals surface area contributed by atoms with Crippen molar-refractivity contribution in [1.29, 1.82) is 0 Å². The van der Waals surface area contributed by atoms with Crippen molar-refractivity contribution in [3.63, 3.8) is 0 Å². The molecular weight excluding hydrogens is 340 g/mol. The summed E-state index contributed by atoms with van der Waals surface area (Å²) in [5.74, 6) is 2.67. The maximum absolute atomic E-state index is 12.7. The molecule has 1 aliphatic heterocycles. The van der Waals surface area contributed by atoms with E-state index in [-0.39, 0.29) is 5.91 Å². The molecule has 1 atom stereocenters. The molecule has 0 aromatic carbocycles. The Hall–Kier alpha value is -2.15. The first-order chi connectivity index (χ1) is 13.0. The fourth-order valence-corrected chi connectivity index (χ4v) is 3.86. The summed E-state index contributed by atoms with van der Waals surface area (Å²) in [5, 5.41) is 0. The van der Waals surface area contributed by atoms with Crippen LogP contribution in [0.5, 0.6) is 0 Å². The number of imidazole rings is 2. The molecule has 27 heavy (non-hydrogen) atoms. The van der Waals surface area contributed by atoms with Crippen molar-refractivity contribution in [2.45, 2.75) is 51.6 Å². The number of likely N-dealkylation sites (tertiary alicyclic amines) is 1.